The summed E-state index contributed by atoms with van der Waals surface area (Å²) < 4.78 is 42.3. The molecule has 2 amide bonds. The largest absolute Gasteiger partial charge is 0.493 e. The summed E-state index contributed by atoms with van der Waals surface area (Å²) >= 11 is 0. The van der Waals surface area contributed by atoms with Crippen LogP contribution in [0, 0.1) is 6.92 Å². The first kappa shape index (κ1) is 24.8. The maximum atomic E-state index is 12.6. The predicted molar refractivity (Wildman–Crippen MR) is 123 cm³/mol. The van der Waals surface area contributed by atoms with Crippen molar-refractivity contribution < 1.29 is 31.9 Å². The number of aryl methyl sites for hydroxylation is 1. The Morgan fingerprint density at radius 1 is 0.971 bits per heavy atom. The van der Waals surface area contributed by atoms with Gasteiger partial charge in [0.15, 0.2) is 17.3 Å². The Balaban J connectivity index is 1.50. The zero-order chi connectivity index (χ0) is 24.7. The maximum Gasteiger partial charge on any atom is 0.305 e. The van der Waals surface area contributed by atoms with E-state index in [9.17, 15) is 18.0 Å². The highest BCUT2D eigenvalue weighted by atomic mass is 32.2. The number of nitrogens with one attached hydrogen (secondary N) is 2. The molecule has 34 heavy (non-hydrogen) atoms. The highest BCUT2D eigenvalue weighted by Crippen LogP contribution is 2.26. The smallest absolute Gasteiger partial charge is 0.305 e. The molecule has 0 radical (unpaired) electrons. The number of hydrazine groups is 1. The van der Waals surface area contributed by atoms with E-state index in [2.05, 4.69) is 10.9 Å². The van der Waals surface area contributed by atoms with Gasteiger partial charge in [-0.05, 0) is 43.3 Å². The molecule has 0 aliphatic carbocycles. The van der Waals surface area contributed by atoms with Crippen LogP contribution in [0.25, 0.3) is 0 Å². The van der Waals surface area contributed by atoms with Gasteiger partial charge in [-0.25, -0.2) is 8.42 Å². The molecule has 1 heterocycles. The molecular formula is C23H25N3O7S. The molecule has 0 saturated carbocycles. The van der Waals surface area contributed by atoms with Gasteiger partial charge in [-0.1, -0.05) is 29.8 Å². The van der Waals surface area contributed by atoms with Crippen molar-refractivity contribution >= 4 is 21.8 Å². The Kier molecular flexibility index (Phi) is 7.92. The van der Waals surface area contributed by atoms with E-state index < -0.39 is 28.4 Å². The Labute approximate surface area is 197 Å². The normalized spacial score (nSPS) is 11.2. The van der Waals surface area contributed by atoms with Crippen molar-refractivity contribution in [3.8, 4) is 11.5 Å². The number of likely N-dealkylation sites (N-methyl/N-ethyl adjacent to an activating group) is 1. The molecule has 180 valence electrons. The highest BCUT2D eigenvalue weighted by molar-refractivity contribution is 7.89. The summed E-state index contributed by atoms with van der Waals surface area (Å²) in [6.07, 6.45) is 0. The average molecular weight is 488 g/mol. The van der Waals surface area contributed by atoms with Crippen molar-refractivity contribution in [1.82, 2.24) is 15.2 Å². The second-order valence-corrected chi connectivity index (χ2v) is 9.33. The van der Waals surface area contributed by atoms with Crippen molar-refractivity contribution in [2.24, 2.45) is 0 Å². The van der Waals surface area contributed by atoms with E-state index in [4.69, 9.17) is 13.9 Å². The first-order valence-electron chi connectivity index (χ1n) is 10.2. The number of benzene rings is 2. The molecule has 0 spiro atoms. The number of hydrogen-bond acceptors (Lipinski definition) is 7. The fraction of sp³-hybridized carbons (Fsp3) is 0.217. The van der Waals surface area contributed by atoms with Gasteiger partial charge in [-0.2, -0.15) is 4.31 Å². The number of carbonyl (C=O) groups excluding carboxylic acids is 2. The fourth-order valence-electron chi connectivity index (χ4n) is 2.87. The van der Waals surface area contributed by atoms with Gasteiger partial charge in [0, 0.05) is 7.05 Å². The molecular weight excluding hydrogens is 462 g/mol. The van der Waals surface area contributed by atoms with Crippen molar-refractivity contribution in [3.05, 3.63) is 77.7 Å². The minimum absolute atomic E-state index is 0.0560. The fourth-order valence-corrected chi connectivity index (χ4v) is 4.00. The molecule has 0 aliphatic rings. The first-order chi connectivity index (χ1) is 16.2. The lowest BCUT2D eigenvalue weighted by Gasteiger charge is -2.17. The van der Waals surface area contributed by atoms with Gasteiger partial charge in [0.05, 0.1) is 18.6 Å². The summed E-state index contributed by atoms with van der Waals surface area (Å²) in [6, 6.07) is 16.4. The van der Waals surface area contributed by atoms with Crippen LogP contribution in [0.15, 0.2) is 70.0 Å². The Bertz CT molecular complexity index is 1250. The zero-order valence-corrected chi connectivity index (χ0v) is 19.7. The van der Waals surface area contributed by atoms with Gasteiger partial charge in [0.1, 0.15) is 12.4 Å². The number of para-hydroxylation sites is 2. The number of carbonyl (C=O) groups is 2. The molecule has 0 bridgehead atoms. The number of hydrogen-bond donors (Lipinski definition) is 2. The monoisotopic (exact) mass is 487 g/mol. The van der Waals surface area contributed by atoms with Crippen LogP contribution in [0.5, 0.6) is 11.5 Å². The highest BCUT2D eigenvalue weighted by Gasteiger charge is 2.23. The lowest BCUT2D eigenvalue weighted by atomic mass is 10.2. The molecule has 0 atom stereocenters. The van der Waals surface area contributed by atoms with E-state index in [0.29, 0.717) is 17.3 Å². The first-order valence-corrected chi connectivity index (χ1v) is 11.6. The molecule has 2 N–H and O–H groups in total. The second kappa shape index (κ2) is 10.9. The summed E-state index contributed by atoms with van der Waals surface area (Å²) in [7, 11) is -1.05. The quantitative estimate of drug-likeness (QED) is 0.443. The van der Waals surface area contributed by atoms with Crippen LogP contribution in [0.1, 0.15) is 21.9 Å². The number of amides is 2. The summed E-state index contributed by atoms with van der Waals surface area (Å²) in [5, 5.41) is 0. The molecule has 11 heteroatoms. The molecule has 1 aromatic heterocycles. The Morgan fingerprint density at radius 2 is 1.65 bits per heavy atom. The van der Waals surface area contributed by atoms with Gasteiger partial charge >= 0.3 is 5.91 Å². The topological polar surface area (TPSA) is 127 Å². The molecule has 3 aromatic rings. The second-order valence-electron chi connectivity index (χ2n) is 7.28. The summed E-state index contributed by atoms with van der Waals surface area (Å²) in [6.45, 7) is 1.40. The minimum Gasteiger partial charge on any atom is -0.493 e. The van der Waals surface area contributed by atoms with Crippen molar-refractivity contribution in [3.63, 3.8) is 0 Å². The van der Waals surface area contributed by atoms with E-state index in [1.807, 2.05) is 13.0 Å². The van der Waals surface area contributed by atoms with E-state index in [1.165, 1.54) is 32.4 Å². The summed E-state index contributed by atoms with van der Waals surface area (Å²) in [5.41, 5.74) is 5.28. The third-order valence-corrected chi connectivity index (χ3v) is 6.55. The SMILES string of the molecule is COc1ccccc1OCc1ccc(C(=O)NNC(=O)CN(C)S(=O)(=O)c2ccc(C)cc2)o1. The van der Waals surface area contributed by atoms with Crippen LogP contribution < -0.4 is 20.3 Å². The van der Waals surface area contributed by atoms with E-state index in [-0.39, 0.29) is 17.3 Å². The predicted octanol–water partition coefficient (Wildman–Crippen LogP) is 2.26. The van der Waals surface area contributed by atoms with Crippen LogP contribution in [0.4, 0.5) is 0 Å². The Morgan fingerprint density at radius 3 is 2.32 bits per heavy atom. The van der Waals surface area contributed by atoms with Gasteiger partial charge in [-0.3, -0.25) is 20.4 Å². The number of methoxy groups -OCH3 is 1. The summed E-state index contributed by atoms with van der Waals surface area (Å²) in [4.78, 5) is 24.5. The van der Waals surface area contributed by atoms with Crippen molar-refractivity contribution in [2.75, 3.05) is 20.7 Å². The van der Waals surface area contributed by atoms with E-state index in [0.717, 1.165) is 9.87 Å². The molecule has 0 aliphatic heterocycles. The van der Waals surface area contributed by atoms with Gasteiger partial charge in [-0.15, -0.1) is 0 Å². The van der Waals surface area contributed by atoms with Gasteiger partial charge in [0.25, 0.3) is 5.91 Å². The maximum absolute atomic E-state index is 12.6. The summed E-state index contributed by atoms with van der Waals surface area (Å²) in [5.74, 6) is -0.0295. The number of sulfonamides is 1. The number of rotatable bonds is 9. The van der Waals surface area contributed by atoms with Crippen molar-refractivity contribution in [2.45, 2.75) is 18.4 Å². The lowest BCUT2D eigenvalue weighted by Crippen LogP contribution is -2.46. The van der Waals surface area contributed by atoms with E-state index >= 15 is 0 Å². The third kappa shape index (κ3) is 6.15. The van der Waals surface area contributed by atoms with Gasteiger partial charge < -0.3 is 13.9 Å². The van der Waals surface area contributed by atoms with Crippen LogP contribution in [-0.2, 0) is 21.4 Å². The van der Waals surface area contributed by atoms with Crippen molar-refractivity contribution in [1.29, 1.82) is 0 Å². The molecule has 2 aromatic carbocycles. The molecule has 0 fully saturated rings. The Hall–Kier alpha value is -3.83. The minimum atomic E-state index is -3.85. The number of ether oxygens (including phenoxy) is 2. The van der Waals surface area contributed by atoms with Gasteiger partial charge in [0.2, 0.25) is 10.0 Å². The third-order valence-electron chi connectivity index (χ3n) is 4.74. The number of nitrogens with zero attached hydrogens (tertiary/aromatic N) is 1. The lowest BCUT2D eigenvalue weighted by molar-refractivity contribution is -0.121. The van der Waals surface area contributed by atoms with Crippen LogP contribution in [0.2, 0.25) is 0 Å². The van der Waals surface area contributed by atoms with Crippen LogP contribution in [-0.4, -0.2) is 45.2 Å². The molecule has 10 nitrogen and oxygen atoms in total. The van der Waals surface area contributed by atoms with Crippen LogP contribution >= 0.6 is 0 Å². The average Bonchev–Trinajstić information content (AvgIpc) is 3.31. The standard InChI is InChI=1S/C23H25N3O7S/c1-16-8-11-18(12-9-16)34(29,30)26(2)14-22(27)24-25-23(28)21-13-10-17(33-21)15-32-20-7-5-4-6-19(20)31-3/h4-13H,14-15H2,1-3H3,(H,24,27)(H,25,28). The van der Waals surface area contributed by atoms with Crippen LogP contribution in [0.3, 0.4) is 0 Å². The molecule has 0 saturated heterocycles. The molecule has 3 rings (SSSR count). The zero-order valence-electron chi connectivity index (χ0n) is 18.9. The molecule has 0 unspecified atom stereocenters. The van der Waals surface area contributed by atoms with E-state index in [1.54, 1.807) is 36.4 Å². The number of furan rings is 1.